The summed E-state index contributed by atoms with van der Waals surface area (Å²) < 4.78 is 18.8. The first kappa shape index (κ1) is 42.0. The third-order valence-corrected chi connectivity index (χ3v) is 13.9. The molecule has 11 heteroatoms. The summed E-state index contributed by atoms with van der Waals surface area (Å²) in [5, 5.41) is 49.1. The minimum atomic E-state index is -2.00. The van der Waals surface area contributed by atoms with Gasteiger partial charge in [0, 0.05) is 55.3 Å². The van der Waals surface area contributed by atoms with E-state index in [0.29, 0.717) is 17.6 Å². The Morgan fingerprint density at radius 1 is 0.981 bits per heavy atom. The smallest absolute Gasteiger partial charge is 0.306 e. The van der Waals surface area contributed by atoms with Crippen LogP contribution in [0.1, 0.15) is 145 Å². The number of quaternary nitrogens is 1. The fourth-order valence-electron chi connectivity index (χ4n) is 11.0. The molecule has 0 aromatic carbocycles. The highest BCUT2D eigenvalue weighted by molar-refractivity contribution is 6.04. The van der Waals surface area contributed by atoms with Crippen LogP contribution >= 0.6 is 0 Å². The molecule has 2 unspecified atom stereocenters. The fraction of sp³-hybridized carbons (Fsp3) is 0.833. The molecule has 0 radical (unpaired) electrons. The van der Waals surface area contributed by atoms with Crippen LogP contribution in [-0.2, 0) is 28.6 Å². The van der Waals surface area contributed by atoms with Crippen LogP contribution in [0, 0.1) is 34.3 Å². The monoisotopic (exact) mass is 745 g/mol. The van der Waals surface area contributed by atoms with E-state index in [2.05, 4.69) is 6.92 Å². The Hall–Kier alpha value is -2.15. The number of aliphatic hydroxyl groups is 3. The summed E-state index contributed by atoms with van der Waals surface area (Å²) in [4.78, 5) is 40.2. The van der Waals surface area contributed by atoms with Gasteiger partial charge in [-0.3, -0.25) is 14.4 Å². The third kappa shape index (κ3) is 7.09. The molecule has 4 aliphatic carbocycles. The lowest BCUT2D eigenvalue weighted by molar-refractivity contribution is -0.950. The van der Waals surface area contributed by atoms with Gasteiger partial charge in [0.05, 0.1) is 18.6 Å². The Morgan fingerprint density at radius 3 is 2.13 bits per heavy atom. The second-order valence-electron chi connectivity index (χ2n) is 18.4. The maximum atomic E-state index is 14.0. The van der Waals surface area contributed by atoms with Gasteiger partial charge in [-0.1, -0.05) is 97.6 Å². The van der Waals surface area contributed by atoms with Gasteiger partial charge in [0.2, 0.25) is 5.72 Å². The van der Waals surface area contributed by atoms with E-state index in [1.54, 1.807) is 26.0 Å². The lowest BCUT2D eigenvalue weighted by Gasteiger charge is -2.53. The van der Waals surface area contributed by atoms with Crippen molar-refractivity contribution >= 4 is 17.7 Å². The highest BCUT2D eigenvalue weighted by Crippen LogP contribution is 2.77. The van der Waals surface area contributed by atoms with Gasteiger partial charge in [0.15, 0.2) is 11.4 Å². The van der Waals surface area contributed by atoms with Crippen molar-refractivity contribution in [2.45, 2.75) is 179 Å². The molecule has 0 spiro atoms. The first-order chi connectivity index (χ1) is 24.8. The van der Waals surface area contributed by atoms with Crippen molar-refractivity contribution in [2.24, 2.45) is 29.1 Å². The van der Waals surface area contributed by atoms with Gasteiger partial charge in [-0.05, 0) is 38.3 Å². The van der Waals surface area contributed by atoms with Crippen LogP contribution in [0.25, 0.3) is 0 Å². The maximum absolute atomic E-state index is 14.0. The Balaban J connectivity index is 1.36. The number of aliphatic hydroxyl groups excluding tert-OH is 1. The Kier molecular flexibility index (Phi) is 12.2. The molecular weight excluding hydrogens is 678 g/mol. The van der Waals surface area contributed by atoms with Crippen LogP contribution in [0.15, 0.2) is 23.3 Å². The van der Waals surface area contributed by atoms with Crippen molar-refractivity contribution in [3.63, 3.8) is 0 Å². The number of Topliss-reactive ketones (excluding diaryl/α,β-unsaturated/α-hetero) is 1. The molecule has 1 saturated heterocycles. The van der Waals surface area contributed by atoms with Crippen molar-refractivity contribution in [3.05, 3.63) is 28.5 Å². The van der Waals surface area contributed by atoms with Crippen LogP contribution in [0.4, 0.5) is 0 Å². The number of fused-ring (bicyclic) bond motifs is 5. The van der Waals surface area contributed by atoms with Crippen molar-refractivity contribution in [1.82, 2.24) is 0 Å². The molecule has 53 heavy (non-hydrogen) atoms. The quantitative estimate of drug-likeness (QED) is 0.0687. The zero-order valence-electron chi connectivity index (χ0n) is 33.6. The van der Waals surface area contributed by atoms with Gasteiger partial charge in [0.25, 0.3) is 0 Å². The largest absolute Gasteiger partial charge is 0.632 e. The second-order valence-corrected chi connectivity index (χ2v) is 18.4. The van der Waals surface area contributed by atoms with E-state index in [4.69, 9.17) is 14.2 Å². The normalized spacial score (nSPS) is 39.3. The molecule has 3 fully saturated rings. The zero-order chi connectivity index (χ0) is 39.2. The second kappa shape index (κ2) is 15.4. The van der Waals surface area contributed by atoms with Gasteiger partial charge in [-0.15, -0.1) is 0 Å². The SMILES string of the molecule is CCCCCCCCCCCCC1(CCC(=O)O[C@@H]2[C@@H](C)[C@@]3(O)[C@@H](C=C(CO)C[C@]4(O)C(=O)C(C)=C[C@@H]34)[C@@H]3C(C)(C)[C@]23OC(C)=O)OCC(C)(C)[NH+]1[O-]. The molecule has 300 valence electrons. The zero-order valence-corrected chi connectivity index (χ0v) is 33.6. The van der Waals surface area contributed by atoms with Crippen LogP contribution < -0.4 is 5.06 Å². The number of hydroxylamine groups is 2. The minimum absolute atomic E-state index is 0.00559. The lowest BCUT2D eigenvalue weighted by atomic mass is 9.59. The van der Waals surface area contributed by atoms with Crippen molar-refractivity contribution in [3.8, 4) is 0 Å². The Labute approximate surface area is 316 Å². The van der Waals surface area contributed by atoms with E-state index >= 15 is 0 Å². The lowest BCUT2D eigenvalue weighted by Crippen LogP contribution is -3.20. The van der Waals surface area contributed by atoms with Crippen molar-refractivity contribution < 1.29 is 49.0 Å². The Morgan fingerprint density at radius 2 is 1.58 bits per heavy atom. The van der Waals surface area contributed by atoms with Gasteiger partial charge in [0.1, 0.15) is 23.9 Å². The molecule has 0 aromatic rings. The summed E-state index contributed by atoms with van der Waals surface area (Å²) in [5.74, 6) is -4.97. The van der Waals surface area contributed by atoms with Crippen LogP contribution in [0.3, 0.4) is 0 Å². The molecule has 5 aliphatic rings. The number of ketones is 1. The molecule has 0 aromatic heterocycles. The predicted molar refractivity (Wildman–Crippen MR) is 199 cm³/mol. The summed E-state index contributed by atoms with van der Waals surface area (Å²) >= 11 is 0. The predicted octanol–water partition coefficient (Wildman–Crippen LogP) is 5.03. The summed E-state index contributed by atoms with van der Waals surface area (Å²) in [5.41, 5.74) is -6.97. The van der Waals surface area contributed by atoms with E-state index in [-0.39, 0.29) is 30.9 Å². The van der Waals surface area contributed by atoms with E-state index in [1.807, 2.05) is 27.7 Å². The highest BCUT2D eigenvalue weighted by Gasteiger charge is 2.87. The Bertz CT molecular complexity index is 1450. The van der Waals surface area contributed by atoms with E-state index < -0.39 is 87.6 Å². The molecule has 5 rings (SSSR count). The van der Waals surface area contributed by atoms with Gasteiger partial charge < -0.3 is 39.8 Å². The van der Waals surface area contributed by atoms with Crippen LogP contribution in [0.5, 0.6) is 0 Å². The average Bonchev–Trinajstić information content (AvgIpc) is 3.39. The van der Waals surface area contributed by atoms with Crippen molar-refractivity contribution in [2.75, 3.05) is 13.2 Å². The van der Waals surface area contributed by atoms with E-state index in [1.165, 1.54) is 51.9 Å². The van der Waals surface area contributed by atoms with Crippen molar-refractivity contribution in [1.29, 1.82) is 0 Å². The average molecular weight is 746 g/mol. The number of hydrogen-bond donors (Lipinski definition) is 4. The highest BCUT2D eigenvalue weighted by atomic mass is 16.6. The number of rotatable bonds is 17. The molecule has 10 atom stereocenters. The number of carbonyl (C=O) groups is 3. The number of nitrogens with one attached hydrogen (secondary N) is 1. The molecule has 4 N–H and O–H groups in total. The summed E-state index contributed by atoms with van der Waals surface area (Å²) in [6.07, 6.45) is 14.2. The van der Waals surface area contributed by atoms with E-state index in [9.17, 15) is 34.9 Å². The fourth-order valence-corrected chi connectivity index (χ4v) is 11.0. The topological polar surface area (TPSA) is 167 Å². The van der Waals surface area contributed by atoms with Gasteiger partial charge in [-0.25, -0.2) is 0 Å². The first-order valence-electron chi connectivity index (χ1n) is 20.4. The molecule has 11 nitrogen and oxygen atoms in total. The molecule has 1 heterocycles. The number of unbranched alkanes of at least 4 members (excludes halogenated alkanes) is 9. The summed E-state index contributed by atoms with van der Waals surface area (Å²) in [6, 6.07) is 0. The molecule has 1 aliphatic heterocycles. The molecule has 0 bridgehead atoms. The number of hydrogen-bond acceptors (Lipinski definition) is 10. The van der Waals surface area contributed by atoms with E-state index in [0.717, 1.165) is 19.3 Å². The number of carbonyl (C=O) groups excluding carboxylic acids is 3. The standard InChI is InChI=1S/C42H67NO10/c1-9-10-11-12-13-14-15-16-17-18-20-39(43(50)37(5,6)26-51-39)21-19-33(46)52-36-28(3)41(49)31(34-38(7,8)42(34,36)53-29(4)45)23-30(25-44)24-40(48)32(41)22-27(2)35(40)47/h22-23,28,31-32,34,36,43-44,48-49H,9-21,24-26H2,1-8H3/t28-,31+,32-,34-,36-,39?,40-,41-,42-/m1/s1. The van der Waals surface area contributed by atoms with Crippen LogP contribution in [-0.4, -0.2) is 80.4 Å². The van der Waals surface area contributed by atoms with Crippen LogP contribution in [0.2, 0.25) is 0 Å². The summed E-state index contributed by atoms with van der Waals surface area (Å²) in [6.45, 7) is 14.2. The number of ether oxygens (including phenoxy) is 3. The van der Waals surface area contributed by atoms with Gasteiger partial charge >= 0.3 is 11.9 Å². The van der Waals surface area contributed by atoms with Gasteiger partial charge in [-0.2, -0.15) is 0 Å². The first-order valence-corrected chi connectivity index (χ1v) is 20.4. The number of esters is 2. The molecular formula is C42H67NO10. The molecule has 2 saturated carbocycles. The minimum Gasteiger partial charge on any atom is -0.632 e. The maximum Gasteiger partial charge on any atom is 0.306 e. The third-order valence-electron chi connectivity index (χ3n) is 13.9. The molecule has 0 amide bonds. The summed E-state index contributed by atoms with van der Waals surface area (Å²) in [7, 11) is 0.